The van der Waals surface area contributed by atoms with Gasteiger partial charge in [0.2, 0.25) is 10.0 Å². The molecule has 0 aromatic carbocycles. The van der Waals surface area contributed by atoms with Crippen molar-refractivity contribution in [2.24, 2.45) is 0 Å². The zero-order valence-corrected chi connectivity index (χ0v) is 13.1. The van der Waals surface area contributed by atoms with Gasteiger partial charge in [-0.05, 0) is 39.3 Å². The number of rotatable bonds is 7. The SMILES string of the molecule is CCC1CCCN1S(=O)(=O)c1cnn(CCCNC)c1. The second kappa shape index (κ2) is 6.69. The molecule has 0 bridgehead atoms. The third kappa shape index (κ3) is 3.21. The highest BCUT2D eigenvalue weighted by atomic mass is 32.2. The van der Waals surface area contributed by atoms with Crippen molar-refractivity contribution >= 4 is 10.0 Å². The molecule has 0 aliphatic carbocycles. The maximum absolute atomic E-state index is 12.6. The van der Waals surface area contributed by atoms with Crippen molar-refractivity contribution in [3.05, 3.63) is 12.4 Å². The van der Waals surface area contributed by atoms with Crippen LogP contribution in [0.25, 0.3) is 0 Å². The van der Waals surface area contributed by atoms with Gasteiger partial charge < -0.3 is 5.32 Å². The molecule has 1 aromatic rings. The number of nitrogens with one attached hydrogen (secondary N) is 1. The molecule has 0 spiro atoms. The smallest absolute Gasteiger partial charge is 0.246 e. The quantitative estimate of drug-likeness (QED) is 0.765. The number of hydrogen-bond donors (Lipinski definition) is 1. The fourth-order valence-electron chi connectivity index (χ4n) is 2.69. The molecule has 1 aromatic heterocycles. The lowest BCUT2D eigenvalue weighted by Crippen LogP contribution is -2.34. The molecule has 1 unspecified atom stereocenters. The minimum Gasteiger partial charge on any atom is -0.320 e. The van der Waals surface area contributed by atoms with Gasteiger partial charge in [-0.3, -0.25) is 4.68 Å². The summed E-state index contributed by atoms with van der Waals surface area (Å²) in [5.74, 6) is 0. The van der Waals surface area contributed by atoms with E-state index < -0.39 is 10.0 Å². The van der Waals surface area contributed by atoms with Gasteiger partial charge in [-0.15, -0.1) is 0 Å². The minimum absolute atomic E-state index is 0.146. The van der Waals surface area contributed by atoms with Gasteiger partial charge >= 0.3 is 0 Å². The van der Waals surface area contributed by atoms with E-state index in [1.807, 2.05) is 14.0 Å². The molecule has 0 saturated carbocycles. The lowest BCUT2D eigenvalue weighted by Gasteiger charge is -2.21. The monoisotopic (exact) mass is 300 g/mol. The average molecular weight is 300 g/mol. The van der Waals surface area contributed by atoms with E-state index in [9.17, 15) is 8.42 Å². The Kier molecular flexibility index (Phi) is 5.17. The molecule has 1 fully saturated rings. The van der Waals surface area contributed by atoms with E-state index >= 15 is 0 Å². The fourth-order valence-corrected chi connectivity index (χ4v) is 4.41. The summed E-state index contributed by atoms with van der Waals surface area (Å²) in [6, 6.07) is 0.146. The van der Waals surface area contributed by atoms with Gasteiger partial charge in [0.15, 0.2) is 0 Å². The molecule has 1 N–H and O–H groups in total. The van der Waals surface area contributed by atoms with Crippen LogP contribution in [0.1, 0.15) is 32.6 Å². The average Bonchev–Trinajstić information content (AvgIpc) is 3.08. The van der Waals surface area contributed by atoms with Gasteiger partial charge in [-0.25, -0.2) is 8.42 Å². The molecule has 2 heterocycles. The van der Waals surface area contributed by atoms with Crippen molar-refractivity contribution in [1.82, 2.24) is 19.4 Å². The summed E-state index contributed by atoms with van der Waals surface area (Å²) >= 11 is 0. The van der Waals surface area contributed by atoms with Gasteiger partial charge in [0, 0.05) is 25.3 Å². The summed E-state index contributed by atoms with van der Waals surface area (Å²) in [6.45, 7) is 4.30. The number of sulfonamides is 1. The van der Waals surface area contributed by atoms with Crippen LogP contribution in [0, 0.1) is 0 Å². The van der Waals surface area contributed by atoms with E-state index in [2.05, 4.69) is 10.4 Å². The fraction of sp³-hybridized carbons (Fsp3) is 0.769. The highest BCUT2D eigenvalue weighted by Gasteiger charge is 2.34. The normalized spacial score (nSPS) is 20.6. The van der Waals surface area contributed by atoms with E-state index in [1.165, 1.54) is 6.20 Å². The number of nitrogens with zero attached hydrogens (tertiary/aromatic N) is 3. The molecule has 2 rings (SSSR count). The van der Waals surface area contributed by atoms with Crippen LogP contribution in [0.2, 0.25) is 0 Å². The van der Waals surface area contributed by atoms with Gasteiger partial charge in [-0.2, -0.15) is 9.40 Å². The van der Waals surface area contributed by atoms with Crippen molar-refractivity contribution in [2.75, 3.05) is 20.1 Å². The standard InChI is InChI=1S/C13H24N4O2S/c1-3-12-6-4-9-17(12)20(18,19)13-10-15-16(11-13)8-5-7-14-2/h10-12,14H,3-9H2,1-2H3. The lowest BCUT2D eigenvalue weighted by atomic mass is 10.2. The molecular formula is C13H24N4O2S. The predicted octanol–water partition coefficient (Wildman–Crippen LogP) is 1.06. The Bertz CT molecular complexity index is 526. The van der Waals surface area contributed by atoms with Crippen LogP contribution in [0.3, 0.4) is 0 Å². The highest BCUT2D eigenvalue weighted by molar-refractivity contribution is 7.89. The van der Waals surface area contributed by atoms with Crippen molar-refractivity contribution in [3.63, 3.8) is 0 Å². The third-order valence-corrected chi connectivity index (χ3v) is 5.73. The van der Waals surface area contributed by atoms with Gasteiger partial charge in [0.1, 0.15) is 4.90 Å². The lowest BCUT2D eigenvalue weighted by molar-refractivity contribution is 0.379. The number of aromatic nitrogens is 2. The molecule has 0 amide bonds. The van der Waals surface area contributed by atoms with E-state index in [0.717, 1.165) is 38.8 Å². The Morgan fingerprint density at radius 3 is 3.00 bits per heavy atom. The van der Waals surface area contributed by atoms with Crippen LogP contribution < -0.4 is 5.32 Å². The molecule has 6 nitrogen and oxygen atoms in total. The third-order valence-electron chi connectivity index (χ3n) is 3.82. The summed E-state index contributed by atoms with van der Waals surface area (Å²) in [7, 11) is -1.48. The van der Waals surface area contributed by atoms with Crippen molar-refractivity contribution in [3.8, 4) is 0 Å². The molecule has 1 aliphatic heterocycles. The summed E-state index contributed by atoms with van der Waals surface area (Å²) in [4.78, 5) is 0.322. The molecule has 20 heavy (non-hydrogen) atoms. The molecule has 0 radical (unpaired) electrons. The van der Waals surface area contributed by atoms with Crippen molar-refractivity contribution < 1.29 is 8.42 Å². The Morgan fingerprint density at radius 1 is 1.50 bits per heavy atom. The first kappa shape index (κ1) is 15.5. The Morgan fingerprint density at radius 2 is 2.30 bits per heavy atom. The Hall–Kier alpha value is -0.920. The van der Waals surface area contributed by atoms with Crippen LogP contribution >= 0.6 is 0 Å². The maximum atomic E-state index is 12.6. The zero-order valence-electron chi connectivity index (χ0n) is 12.2. The van der Waals surface area contributed by atoms with Crippen LogP contribution in [0.4, 0.5) is 0 Å². The molecular weight excluding hydrogens is 276 g/mol. The van der Waals surface area contributed by atoms with E-state index in [1.54, 1.807) is 15.2 Å². The second-order valence-corrected chi connectivity index (χ2v) is 7.11. The first-order valence-corrected chi connectivity index (χ1v) is 8.72. The van der Waals surface area contributed by atoms with Gasteiger partial charge in [-0.1, -0.05) is 6.92 Å². The second-order valence-electron chi connectivity index (χ2n) is 5.22. The topological polar surface area (TPSA) is 67.2 Å². The van der Waals surface area contributed by atoms with Gasteiger partial charge in [0.25, 0.3) is 0 Å². The largest absolute Gasteiger partial charge is 0.320 e. The molecule has 7 heteroatoms. The van der Waals surface area contributed by atoms with Crippen LogP contribution in [-0.4, -0.2) is 48.7 Å². The highest BCUT2D eigenvalue weighted by Crippen LogP contribution is 2.27. The minimum atomic E-state index is -3.38. The van der Waals surface area contributed by atoms with E-state index in [-0.39, 0.29) is 6.04 Å². The van der Waals surface area contributed by atoms with Crippen LogP contribution in [0.5, 0.6) is 0 Å². The maximum Gasteiger partial charge on any atom is 0.246 e. The van der Waals surface area contributed by atoms with Gasteiger partial charge in [0.05, 0.1) is 6.20 Å². The summed E-state index contributed by atoms with van der Waals surface area (Å²) < 4.78 is 28.6. The molecule has 1 aliphatic rings. The van der Waals surface area contributed by atoms with Crippen LogP contribution in [0.15, 0.2) is 17.3 Å². The summed E-state index contributed by atoms with van der Waals surface area (Å²) in [6.07, 6.45) is 6.84. The number of hydrogen-bond acceptors (Lipinski definition) is 4. The Labute approximate surface area is 121 Å². The van der Waals surface area contributed by atoms with Crippen molar-refractivity contribution in [1.29, 1.82) is 0 Å². The Balaban J connectivity index is 2.09. The first-order valence-electron chi connectivity index (χ1n) is 7.28. The van der Waals surface area contributed by atoms with E-state index in [0.29, 0.717) is 11.4 Å². The summed E-state index contributed by atoms with van der Waals surface area (Å²) in [5, 5.41) is 7.23. The molecule has 114 valence electrons. The number of aryl methyl sites for hydroxylation is 1. The summed E-state index contributed by atoms with van der Waals surface area (Å²) in [5.41, 5.74) is 0. The van der Waals surface area contributed by atoms with E-state index in [4.69, 9.17) is 0 Å². The van der Waals surface area contributed by atoms with Crippen LogP contribution in [-0.2, 0) is 16.6 Å². The molecule has 1 saturated heterocycles. The van der Waals surface area contributed by atoms with Crippen molar-refractivity contribution in [2.45, 2.75) is 50.1 Å². The molecule has 1 atom stereocenters. The predicted molar refractivity (Wildman–Crippen MR) is 78.0 cm³/mol. The first-order chi connectivity index (χ1) is 9.59. The zero-order chi connectivity index (χ0) is 14.6.